The van der Waals surface area contributed by atoms with E-state index in [9.17, 15) is 14.4 Å². The van der Waals surface area contributed by atoms with Gasteiger partial charge >= 0.3 is 0 Å². The Morgan fingerprint density at radius 1 is 1.00 bits per heavy atom. The Hall–Kier alpha value is -3.95. The Morgan fingerprint density at radius 3 is 2.55 bits per heavy atom. The number of fused-ring (bicyclic) bond motifs is 5. The van der Waals surface area contributed by atoms with Gasteiger partial charge < -0.3 is 19.9 Å². The lowest BCUT2D eigenvalue weighted by Crippen LogP contribution is -2.33. The SMILES string of the molecule is Cc1ccc2c(c1)C(=O)NCCCCNC(=O)c1cccn(c1=O)Cc1cn(nn1)CCO2. The van der Waals surface area contributed by atoms with Gasteiger partial charge in [0, 0.05) is 19.3 Å². The fraction of sp³-hybridized carbons (Fsp3) is 0.348. The Kier molecular flexibility index (Phi) is 6.82. The fourth-order valence-corrected chi connectivity index (χ4v) is 3.57. The lowest BCUT2D eigenvalue weighted by Gasteiger charge is -2.13. The molecular weight excluding hydrogens is 424 g/mol. The molecule has 4 bridgehead atoms. The summed E-state index contributed by atoms with van der Waals surface area (Å²) in [6.45, 7) is 3.69. The molecule has 0 fully saturated rings. The molecule has 3 aromatic rings. The van der Waals surface area contributed by atoms with Gasteiger partial charge in [0.15, 0.2) is 0 Å². The number of ether oxygens (including phenoxy) is 1. The minimum atomic E-state index is -0.419. The minimum absolute atomic E-state index is 0.0768. The van der Waals surface area contributed by atoms with Crippen molar-refractivity contribution in [2.75, 3.05) is 19.7 Å². The third-order valence-corrected chi connectivity index (χ3v) is 5.32. The molecule has 0 spiro atoms. The number of rotatable bonds is 0. The molecule has 0 saturated carbocycles. The van der Waals surface area contributed by atoms with E-state index in [-0.39, 0.29) is 23.6 Å². The Balaban J connectivity index is 1.56. The van der Waals surface area contributed by atoms with Crippen LogP contribution in [-0.4, -0.2) is 51.1 Å². The van der Waals surface area contributed by atoms with Gasteiger partial charge in [0.2, 0.25) is 0 Å². The monoisotopic (exact) mass is 450 g/mol. The molecule has 1 aromatic carbocycles. The van der Waals surface area contributed by atoms with Gasteiger partial charge in [0.1, 0.15) is 23.6 Å². The number of hydrogen-bond acceptors (Lipinski definition) is 6. The molecule has 0 aliphatic carbocycles. The van der Waals surface area contributed by atoms with E-state index in [0.29, 0.717) is 56.1 Å². The van der Waals surface area contributed by atoms with Crippen LogP contribution in [0.15, 0.2) is 47.5 Å². The molecule has 2 aromatic heterocycles. The minimum Gasteiger partial charge on any atom is -0.491 e. The number of aryl methyl sites for hydroxylation is 1. The maximum Gasteiger partial charge on any atom is 0.263 e. The summed E-state index contributed by atoms with van der Waals surface area (Å²) < 4.78 is 8.93. The summed E-state index contributed by atoms with van der Waals surface area (Å²) >= 11 is 0. The van der Waals surface area contributed by atoms with E-state index < -0.39 is 5.91 Å². The van der Waals surface area contributed by atoms with Crippen LogP contribution in [0, 0.1) is 6.92 Å². The molecule has 0 atom stereocenters. The highest BCUT2D eigenvalue weighted by atomic mass is 16.5. The van der Waals surface area contributed by atoms with Gasteiger partial charge in [-0.3, -0.25) is 14.4 Å². The third kappa shape index (κ3) is 5.46. The van der Waals surface area contributed by atoms with E-state index >= 15 is 0 Å². The molecule has 33 heavy (non-hydrogen) atoms. The van der Waals surface area contributed by atoms with Gasteiger partial charge in [-0.2, -0.15) is 0 Å². The number of benzene rings is 1. The highest BCUT2D eigenvalue weighted by molar-refractivity contribution is 5.97. The predicted molar refractivity (Wildman–Crippen MR) is 120 cm³/mol. The summed E-state index contributed by atoms with van der Waals surface area (Å²) in [5, 5.41) is 13.9. The molecular formula is C23H26N6O4. The number of carbonyl (C=O) groups excluding carboxylic acids is 2. The molecule has 2 N–H and O–H groups in total. The van der Waals surface area contributed by atoms with Crippen LogP contribution in [0.3, 0.4) is 0 Å². The zero-order valence-electron chi connectivity index (χ0n) is 18.4. The number of aromatic nitrogens is 4. The first kappa shape index (κ1) is 22.3. The van der Waals surface area contributed by atoms with Gasteiger partial charge in [-0.1, -0.05) is 16.8 Å². The molecule has 10 nitrogen and oxygen atoms in total. The van der Waals surface area contributed by atoms with Crippen molar-refractivity contribution in [2.24, 2.45) is 0 Å². The second-order valence-electron chi connectivity index (χ2n) is 7.89. The zero-order chi connectivity index (χ0) is 23.2. The lowest BCUT2D eigenvalue weighted by atomic mass is 10.1. The Morgan fingerprint density at radius 2 is 1.76 bits per heavy atom. The van der Waals surface area contributed by atoms with Crippen molar-refractivity contribution in [1.29, 1.82) is 0 Å². The van der Waals surface area contributed by atoms with Crippen molar-refractivity contribution in [3.8, 4) is 5.75 Å². The van der Waals surface area contributed by atoms with Crippen LogP contribution < -0.4 is 20.9 Å². The maximum absolute atomic E-state index is 12.7. The molecule has 3 heterocycles. The second-order valence-corrected chi connectivity index (χ2v) is 7.89. The molecule has 2 amide bonds. The van der Waals surface area contributed by atoms with E-state index in [2.05, 4.69) is 20.9 Å². The van der Waals surface area contributed by atoms with Crippen molar-refractivity contribution in [3.05, 3.63) is 75.5 Å². The Labute approximate surface area is 190 Å². The van der Waals surface area contributed by atoms with Crippen LogP contribution in [-0.2, 0) is 13.1 Å². The topological polar surface area (TPSA) is 120 Å². The number of pyridine rings is 1. The van der Waals surface area contributed by atoms with Crippen LogP contribution in [0.2, 0.25) is 0 Å². The van der Waals surface area contributed by atoms with E-state index in [1.807, 2.05) is 13.0 Å². The molecule has 0 radical (unpaired) electrons. The number of nitrogens with one attached hydrogen (secondary N) is 2. The standard InChI is InChI=1S/C23H26N6O4/c1-16-6-7-20-19(13-16)22(31)25-9-3-2-8-24-21(30)18-5-4-10-28(23(18)32)14-17-15-29(27-26-17)11-12-33-20/h4-7,10,13,15H,2-3,8-9,11-12,14H2,1H3,(H,24,30)(H,25,31). The Bertz CT molecular complexity index is 1220. The highest BCUT2D eigenvalue weighted by Gasteiger charge is 2.15. The average Bonchev–Trinajstić information content (AvgIpc) is 3.24. The molecule has 4 rings (SSSR count). The van der Waals surface area contributed by atoms with Crippen molar-refractivity contribution < 1.29 is 14.3 Å². The summed E-state index contributed by atoms with van der Waals surface area (Å²) in [5.74, 6) is -0.124. The van der Waals surface area contributed by atoms with Gasteiger partial charge in [-0.25, -0.2) is 4.68 Å². The first-order valence-electron chi connectivity index (χ1n) is 10.9. The number of amides is 2. The van der Waals surface area contributed by atoms with Crippen LogP contribution in [0.5, 0.6) is 5.75 Å². The molecule has 10 heteroatoms. The van der Waals surface area contributed by atoms with Crippen LogP contribution in [0.1, 0.15) is 44.8 Å². The quantitative estimate of drug-likeness (QED) is 0.530. The largest absolute Gasteiger partial charge is 0.491 e. The first-order valence-corrected chi connectivity index (χ1v) is 10.9. The normalized spacial score (nSPS) is 15.5. The van der Waals surface area contributed by atoms with Crippen LogP contribution in [0.4, 0.5) is 0 Å². The van der Waals surface area contributed by atoms with Crippen LogP contribution >= 0.6 is 0 Å². The van der Waals surface area contributed by atoms with E-state index in [4.69, 9.17) is 4.74 Å². The number of carbonyl (C=O) groups is 2. The molecule has 0 unspecified atom stereocenters. The average molecular weight is 450 g/mol. The van der Waals surface area contributed by atoms with Crippen molar-refractivity contribution >= 4 is 11.8 Å². The predicted octanol–water partition coefficient (Wildman–Crippen LogP) is 1.13. The summed E-state index contributed by atoms with van der Waals surface area (Å²) in [5.41, 5.74) is 1.72. The molecule has 0 saturated heterocycles. The van der Waals surface area contributed by atoms with Crippen molar-refractivity contribution in [2.45, 2.75) is 32.9 Å². The third-order valence-electron chi connectivity index (χ3n) is 5.32. The van der Waals surface area contributed by atoms with Gasteiger partial charge in [0.05, 0.1) is 24.8 Å². The van der Waals surface area contributed by atoms with E-state index in [1.165, 1.54) is 10.6 Å². The highest BCUT2D eigenvalue weighted by Crippen LogP contribution is 2.20. The number of hydrogen-bond donors (Lipinski definition) is 2. The van der Waals surface area contributed by atoms with Crippen molar-refractivity contribution in [1.82, 2.24) is 30.2 Å². The van der Waals surface area contributed by atoms with Crippen LogP contribution in [0.25, 0.3) is 0 Å². The number of nitrogens with zero attached hydrogens (tertiary/aromatic N) is 4. The molecule has 172 valence electrons. The summed E-state index contributed by atoms with van der Waals surface area (Å²) in [4.78, 5) is 37.9. The van der Waals surface area contributed by atoms with E-state index in [1.54, 1.807) is 35.3 Å². The fourth-order valence-electron chi connectivity index (χ4n) is 3.57. The van der Waals surface area contributed by atoms with Gasteiger partial charge in [-0.15, -0.1) is 5.10 Å². The zero-order valence-corrected chi connectivity index (χ0v) is 18.4. The molecule has 1 aliphatic heterocycles. The summed E-state index contributed by atoms with van der Waals surface area (Å²) in [6.07, 6.45) is 4.69. The van der Waals surface area contributed by atoms with E-state index in [0.717, 1.165) is 5.56 Å². The second kappa shape index (κ2) is 10.1. The molecule has 1 aliphatic rings. The van der Waals surface area contributed by atoms with Crippen molar-refractivity contribution in [3.63, 3.8) is 0 Å². The van der Waals surface area contributed by atoms with Gasteiger partial charge in [0.25, 0.3) is 17.4 Å². The van der Waals surface area contributed by atoms with Gasteiger partial charge in [-0.05, 0) is 44.0 Å². The first-order chi connectivity index (χ1) is 16.0. The smallest absolute Gasteiger partial charge is 0.263 e. The summed E-state index contributed by atoms with van der Waals surface area (Å²) in [7, 11) is 0. The lowest BCUT2D eigenvalue weighted by molar-refractivity contribution is 0.0936. The maximum atomic E-state index is 12.7. The summed E-state index contributed by atoms with van der Waals surface area (Å²) in [6, 6.07) is 8.66.